The average Bonchev–Trinajstić information content (AvgIpc) is 3.15. The molecule has 0 saturated heterocycles. The van der Waals surface area contributed by atoms with E-state index in [1.54, 1.807) is 29.7 Å². The van der Waals surface area contributed by atoms with Gasteiger partial charge < -0.3 is 14.1 Å². The van der Waals surface area contributed by atoms with Crippen molar-refractivity contribution < 1.29 is 18.7 Å². The Kier molecular flexibility index (Phi) is 9.35. The third-order valence-corrected chi connectivity index (χ3v) is 4.89. The highest BCUT2D eigenvalue weighted by molar-refractivity contribution is 5.80. The summed E-state index contributed by atoms with van der Waals surface area (Å²) in [6, 6.07) is 13.3. The molecule has 0 spiro atoms. The molecule has 0 unspecified atom stereocenters. The van der Waals surface area contributed by atoms with E-state index in [1.807, 2.05) is 49.4 Å². The predicted octanol–water partition coefficient (Wildman–Crippen LogP) is 3.60. The molecule has 162 valence electrons. The number of carbonyl (C=O) groups excluding carboxylic acids is 2. The Balaban J connectivity index is 2.11. The van der Waals surface area contributed by atoms with Crippen molar-refractivity contribution in [2.24, 2.45) is 0 Å². The van der Waals surface area contributed by atoms with E-state index in [1.165, 1.54) is 0 Å². The summed E-state index contributed by atoms with van der Waals surface area (Å²) in [5.41, 5.74) is 1.16. The largest absolute Gasteiger partial charge is 0.465 e. The van der Waals surface area contributed by atoms with Crippen LogP contribution in [0.3, 0.4) is 0 Å². The van der Waals surface area contributed by atoms with Crippen LogP contribution >= 0.6 is 0 Å². The molecule has 1 aromatic heterocycles. The lowest BCUT2D eigenvalue weighted by molar-refractivity contribution is -0.149. The number of benzene rings is 1. The molecular formula is C24H32N2O4. The molecule has 6 nitrogen and oxygen atoms in total. The van der Waals surface area contributed by atoms with E-state index in [0.717, 1.165) is 23.5 Å². The lowest BCUT2D eigenvalue weighted by atomic mass is 10.1. The van der Waals surface area contributed by atoms with Gasteiger partial charge in [-0.1, -0.05) is 36.4 Å². The monoisotopic (exact) mass is 412 g/mol. The standard InChI is InChI=1S/C24H32N2O4/c1-5-15-25(20(4)24(28)29-6-2)18-23(27)26(17-22-13-12-19(3)30-22)16-14-21-10-8-7-9-11-21/h5,7-13,20H,1,6,14-18H2,2-4H3/t20-/m1/s1. The van der Waals surface area contributed by atoms with Crippen LogP contribution in [0.15, 0.2) is 59.5 Å². The molecule has 0 fully saturated rings. The normalized spacial score (nSPS) is 11.9. The first-order chi connectivity index (χ1) is 14.4. The fraction of sp³-hybridized carbons (Fsp3) is 0.417. The summed E-state index contributed by atoms with van der Waals surface area (Å²) in [7, 11) is 0. The SMILES string of the molecule is C=CCN(CC(=O)N(CCc1ccccc1)Cc1ccc(C)o1)[C@H](C)C(=O)OCC. The molecule has 0 radical (unpaired) electrons. The van der Waals surface area contributed by atoms with Crippen molar-refractivity contribution in [3.8, 4) is 0 Å². The number of rotatable bonds is 12. The Bertz CT molecular complexity index is 816. The van der Waals surface area contributed by atoms with Crippen molar-refractivity contribution in [3.05, 3.63) is 72.2 Å². The Morgan fingerprint density at radius 3 is 2.53 bits per heavy atom. The molecule has 0 N–H and O–H groups in total. The Morgan fingerprint density at radius 1 is 1.20 bits per heavy atom. The van der Waals surface area contributed by atoms with Crippen LogP contribution in [0.4, 0.5) is 0 Å². The maximum absolute atomic E-state index is 13.2. The van der Waals surface area contributed by atoms with Crippen LogP contribution in [-0.2, 0) is 27.3 Å². The molecule has 1 amide bonds. The zero-order valence-corrected chi connectivity index (χ0v) is 18.2. The second kappa shape index (κ2) is 12.0. The van der Waals surface area contributed by atoms with E-state index in [9.17, 15) is 9.59 Å². The summed E-state index contributed by atoms with van der Waals surface area (Å²) >= 11 is 0. The Hall–Kier alpha value is -2.86. The van der Waals surface area contributed by atoms with Crippen molar-refractivity contribution >= 4 is 11.9 Å². The molecular weight excluding hydrogens is 380 g/mol. The third-order valence-electron chi connectivity index (χ3n) is 4.89. The van der Waals surface area contributed by atoms with Gasteiger partial charge in [0.05, 0.1) is 19.7 Å². The van der Waals surface area contributed by atoms with Crippen molar-refractivity contribution in [3.63, 3.8) is 0 Å². The van der Waals surface area contributed by atoms with Gasteiger partial charge in [-0.3, -0.25) is 14.5 Å². The fourth-order valence-electron chi connectivity index (χ4n) is 3.17. The van der Waals surface area contributed by atoms with E-state index in [0.29, 0.717) is 26.2 Å². The van der Waals surface area contributed by atoms with Crippen LogP contribution in [0, 0.1) is 6.92 Å². The molecule has 6 heteroatoms. The first-order valence-corrected chi connectivity index (χ1v) is 10.3. The van der Waals surface area contributed by atoms with Crippen molar-refractivity contribution in [2.45, 2.75) is 39.8 Å². The van der Waals surface area contributed by atoms with Gasteiger partial charge in [-0.2, -0.15) is 0 Å². The molecule has 2 rings (SSSR count). The first-order valence-electron chi connectivity index (χ1n) is 10.3. The minimum Gasteiger partial charge on any atom is -0.465 e. The molecule has 1 aromatic carbocycles. The highest BCUT2D eigenvalue weighted by Gasteiger charge is 2.26. The van der Waals surface area contributed by atoms with Crippen molar-refractivity contribution in [1.82, 2.24) is 9.80 Å². The van der Waals surface area contributed by atoms with E-state index < -0.39 is 6.04 Å². The van der Waals surface area contributed by atoms with E-state index in [-0.39, 0.29) is 18.4 Å². The second-order valence-corrected chi connectivity index (χ2v) is 7.21. The van der Waals surface area contributed by atoms with Crippen LogP contribution in [0.2, 0.25) is 0 Å². The van der Waals surface area contributed by atoms with Crippen molar-refractivity contribution in [2.75, 3.05) is 26.2 Å². The van der Waals surface area contributed by atoms with Gasteiger partial charge in [-0.05, 0) is 44.9 Å². The number of nitrogens with zero attached hydrogens (tertiary/aromatic N) is 2. The Morgan fingerprint density at radius 2 is 1.93 bits per heavy atom. The third kappa shape index (κ3) is 7.19. The molecule has 0 bridgehead atoms. The topological polar surface area (TPSA) is 63.0 Å². The summed E-state index contributed by atoms with van der Waals surface area (Å²) in [4.78, 5) is 28.9. The predicted molar refractivity (Wildman–Crippen MR) is 117 cm³/mol. The molecule has 2 aromatic rings. The number of furan rings is 1. The lowest BCUT2D eigenvalue weighted by Gasteiger charge is -2.29. The number of esters is 1. The number of carbonyl (C=O) groups is 2. The van der Waals surface area contributed by atoms with Crippen LogP contribution in [0.1, 0.15) is 30.9 Å². The van der Waals surface area contributed by atoms with Crippen LogP contribution in [0.5, 0.6) is 0 Å². The van der Waals surface area contributed by atoms with Gasteiger partial charge in [0.2, 0.25) is 5.91 Å². The average molecular weight is 413 g/mol. The van der Waals surface area contributed by atoms with E-state index in [2.05, 4.69) is 6.58 Å². The van der Waals surface area contributed by atoms with Gasteiger partial charge in [0.15, 0.2) is 0 Å². The summed E-state index contributed by atoms with van der Waals surface area (Å²) in [6.07, 6.45) is 2.42. The van der Waals surface area contributed by atoms with Crippen LogP contribution < -0.4 is 0 Å². The summed E-state index contributed by atoms with van der Waals surface area (Å²) < 4.78 is 10.8. The summed E-state index contributed by atoms with van der Waals surface area (Å²) in [5, 5.41) is 0. The minimum atomic E-state index is -0.534. The van der Waals surface area contributed by atoms with Gasteiger partial charge in [-0.25, -0.2) is 0 Å². The highest BCUT2D eigenvalue weighted by atomic mass is 16.5. The number of ether oxygens (including phenoxy) is 1. The second-order valence-electron chi connectivity index (χ2n) is 7.21. The van der Waals surface area contributed by atoms with Crippen molar-refractivity contribution in [1.29, 1.82) is 0 Å². The zero-order chi connectivity index (χ0) is 21.9. The van der Waals surface area contributed by atoms with E-state index >= 15 is 0 Å². The lowest BCUT2D eigenvalue weighted by Crippen LogP contribution is -2.47. The van der Waals surface area contributed by atoms with Gasteiger partial charge >= 0.3 is 5.97 Å². The molecule has 1 heterocycles. The molecule has 1 atom stereocenters. The quantitative estimate of drug-likeness (QED) is 0.394. The molecule has 0 aliphatic rings. The molecule has 0 aliphatic heterocycles. The molecule has 0 saturated carbocycles. The zero-order valence-electron chi connectivity index (χ0n) is 18.2. The molecule has 0 aliphatic carbocycles. The molecule has 30 heavy (non-hydrogen) atoms. The minimum absolute atomic E-state index is 0.0713. The van der Waals surface area contributed by atoms with Crippen LogP contribution in [-0.4, -0.2) is 54.0 Å². The number of hydrogen-bond donors (Lipinski definition) is 0. The maximum atomic E-state index is 13.2. The smallest absolute Gasteiger partial charge is 0.323 e. The van der Waals surface area contributed by atoms with Gasteiger partial charge in [-0.15, -0.1) is 6.58 Å². The van der Waals surface area contributed by atoms with Crippen LogP contribution in [0.25, 0.3) is 0 Å². The number of hydrogen-bond acceptors (Lipinski definition) is 5. The van der Waals surface area contributed by atoms with Gasteiger partial charge in [0.25, 0.3) is 0 Å². The first kappa shape index (κ1) is 23.4. The maximum Gasteiger partial charge on any atom is 0.323 e. The van der Waals surface area contributed by atoms with Gasteiger partial charge in [0, 0.05) is 13.1 Å². The summed E-state index contributed by atoms with van der Waals surface area (Å²) in [6.45, 7) is 10.9. The summed E-state index contributed by atoms with van der Waals surface area (Å²) in [5.74, 6) is 1.13. The highest BCUT2D eigenvalue weighted by Crippen LogP contribution is 2.13. The number of aryl methyl sites for hydroxylation is 1. The van der Waals surface area contributed by atoms with E-state index in [4.69, 9.17) is 9.15 Å². The Labute approximate surface area is 179 Å². The number of amides is 1. The van der Waals surface area contributed by atoms with Gasteiger partial charge in [0.1, 0.15) is 17.6 Å². The fourth-order valence-corrected chi connectivity index (χ4v) is 3.17.